The number of amides is 1. The fourth-order valence-corrected chi connectivity index (χ4v) is 7.54. The third-order valence-electron chi connectivity index (χ3n) is 10.1. The molecule has 7 rings (SSSR count). The summed E-state index contributed by atoms with van der Waals surface area (Å²) in [7, 11) is 0. The number of aromatic nitrogens is 2. The van der Waals surface area contributed by atoms with E-state index in [9.17, 15) is 20.3 Å². The number of aliphatic hydroxyl groups is 1. The lowest BCUT2D eigenvalue weighted by atomic mass is 10.0. The maximum Gasteiger partial charge on any atom is 0.318 e. The first-order valence-electron chi connectivity index (χ1n) is 15.8. The molecule has 11 heteroatoms. The average molecular weight is 610 g/mol. The number of nitrogens with zero attached hydrogens (tertiary/aromatic N) is 7. The minimum absolute atomic E-state index is 0.0179. The maximum absolute atomic E-state index is 12.5. The van der Waals surface area contributed by atoms with Crippen LogP contribution in [0.3, 0.4) is 0 Å². The van der Waals surface area contributed by atoms with E-state index in [0.717, 1.165) is 66.0 Å². The summed E-state index contributed by atoms with van der Waals surface area (Å²) in [6, 6.07) is 13.9. The molecule has 2 saturated heterocycles. The van der Waals surface area contributed by atoms with Crippen LogP contribution in [0.1, 0.15) is 30.5 Å². The van der Waals surface area contributed by atoms with E-state index < -0.39 is 0 Å². The SMILES string of the molecule is C=CC(=O)N1CCN(c2nc(OCCCN3CC4CC43CO)nc3c2CCN(c2cc(O)cc4ccccc24)C3)CC1CC#N. The molecule has 11 nitrogen and oxygen atoms in total. The Kier molecular flexibility index (Phi) is 7.71. The summed E-state index contributed by atoms with van der Waals surface area (Å²) in [5.74, 6) is 1.50. The van der Waals surface area contributed by atoms with Gasteiger partial charge < -0.3 is 29.6 Å². The third kappa shape index (κ3) is 5.32. The van der Waals surface area contributed by atoms with Crippen molar-refractivity contribution in [3.05, 3.63) is 60.3 Å². The number of carbonyl (C=O) groups excluding carboxylic acids is 1. The highest BCUT2D eigenvalue weighted by Gasteiger charge is 2.65. The Morgan fingerprint density at radius 1 is 1.18 bits per heavy atom. The van der Waals surface area contributed by atoms with Crippen molar-refractivity contribution >= 4 is 28.2 Å². The van der Waals surface area contributed by atoms with Gasteiger partial charge in [0.25, 0.3) is 0 Å². The molecular formula is C34H39N7O4. The van der Waals surface area contributed by atoms with E-state index in [2.05, 4.69) is 33.4 Å². The molecule has 0 bridgehead atoms. The molecule has 3 unspecified atom stereocenters. The van der Waals surface area contributed by atoms with Gasteiger partial charge in [0, 0.05) is 67.5 Å². The minimum atomic E-state index is -0.274. The van der Waals surface area contributed by atoms with E-state index in [1.165, 1.54) is 6.08 Å². The molecular weight excluding hydrogens is 570 g/mol. The number of phenols is 1. The molecule has 3 aromatic rings. The highest BCUT2D eigenvalue weighted by atomic mass is 16.5. The Morgan fingerprint density at radius 3 is 2.82 bits per heavy atom. The van der Waals surface area contributed by atoms with E-state index in [-0.39, 0.29) is 36.3 Å². The number of piperazine rings is 1. The van der Waals surface area contributed by atoms with Crippen LogP contribution in [-0.2, 0) is 17.8 Å². The molecule has 1 saturated carbocycles. The molecule has 234 valence electrons. The molecule has 3 fully saturated rings. The van der Waals surface area contributed by atoms with Crippen molar-refractivity contribution in [2.24, 2.45) is 5.92 Å². The minimum Gasteiger partial charge on any atom is -0.508 e. The lowest BCUT2D eigenvalue weighted by molar-refractivity contribution is -0.128. The van der Waals surface area contributed by atoms with Crippen LogP contribution in [0.15, 0.2) is 49.1 Å². The lowest BCUT2D eigenvalue weighted by Gasteiger charge is -2.42. The summed E-state index contributed by atoms with van der Waals surface area (Å²) in [5.41, 5.74) is 2.89. The van der Waals surface area contributed by atoms with Crippen LogP contribution in [0.2, 0.25) is 0 Å². The molecule has 0 spiro atoms. The number of hydrogen-bond donors (Lipinski definition) is 2. The molecule has 4 heterocycles. The zero-order chi connectivity index (χ0) is 31.1. The number of phenolic OH excluding ortho intramolecular Hbond substituents is 1. The summed E-state index contributed by atoms with van der Waals surface area (Å²) in [5, 5.41) is 31.9. The summed E-state index contributed by atoms with van der Waals surface area (Å²) in [6.45, 7) is 9.00. The van der Waals surface area contributed by atoms with Gasteiger partial charge in [-0.05, 0) is 42.7 Å². The fraction of sp³-hybridized carbons (Fsp3) is 0.471. The highest BCUT2D eigenvalue weighted by Crippen LogP contribution is 2.57. The van der Waals surface area contributed by atoms with Crippen molar-refractivity contribution in [2.75, 3.05) is 62.3 Å². The summed E-state index contributed by atoms with van der Waals surface area (Å²) >= 11 is 0. The number of aromatic hydroxyl groups is 1. The quantitative estimate of drug-likeness (QED) is 0.262. The average Bonchev–Trinajstić information content (AvgIpc) is 3.66. The van der Waals surface area contributed by atoms with Crippen molar-refractivity contribution < 1.29 is 19.7 Å². The van der Waals surface area contributed by atoms with Gasteiger partial charge >= 0.3 is 6.01 Å². The predicted octanol–water partition coefficient (Wildman–Crippen LogP) is 2.85. The first kappa shape index (κ1) is 29.3. The topological polar surface area (TPSA) is 129 Å². The summed E-state index contributed by atoms with van der Waals surface area (Å²) < 4.78 is 6.19. The van der Waals surface area contributed by atoms with E-state index in [1.54, 1.807) is 11.0 Å². The molecule has 0 radical (unpaired) electrons. The number of fused-ring (bicyclic) bond motifs is 3. The van der Waals surface area contributed by atoms with Gasteiger partial charge in [0.2, 0.25) is 5.91 Å². The Morgan fingerprint density at radius 2 is 2.04 bits per heavy atom. The molecule has 1 aliphatic carbocycles. The summed E-state index contributed by atoms with van der Waals surface area (Å²) in [6.07, 6.45) is 4.12. The number of ether oxygens (including phenoxy) is 1. The van der Waals surface area contributed by atoms with Gasteiger partial charge in [0.05, 0.1) is 44.0 Å². The standard InChI is InChI=1S/C34H39N7O4/c1-2-31(44)41-14-13-39(20-25(41)8-10-35)32-28-9-12-38(30-17-26(43)16-23-6-3-4-7-27(23)30)21-29(28)36-33(37-32)45-15-5-11-40-19-24-18-34(24,40)22-42/h2-4,6-7,16-17,24-25,42-43H,1,5,8-9,11-15,18-22H2. The predicted molar refractivity (Wildman–Crippen MR) is 170 cm³/mol. The molecule has 2 N–H and O–H groups in total. The van der Waals surface area contributed by atoms with Crippen LogP contribution < -0.4 is 14.5 Å². The largest absolute Gasteiger partial charge is 0.508 e. The Labute approximate surface area is 262 Å². The number of benzene rings is 2. The molecule has 2 aromatic carbocycles. The zero-order valence-electron chi connectivity index (χ0n) is 25.4. The van der Waals surface area contributed by atoms with Crippen LogP contribution in [0.5, 0.6) is 11.8 Å². The smallest absolute Gasteiger partial charge is 0.318 e. The lowest BCUT2D eigenvalue weighted by Crippen LogP contribution is -2.55. The number of likely N-dealkylation sites (tertiary alicyclic amines) is 1. The highest BCUT2D eigenvalue weighted by molar-refractivity contribution is 5.95. The first-order valence-corrected chi connectivity index (χ1v) is 15.8. The monoisotopic (exact) mass is 609 g/mol. The second kappa shape index (κ2) is 11.8. The van der Waals surface area contributed by atoms with Gasteiger partial charge in [0.15, 0.2) is 0 Å². The Balaban J connectivity index is 1.15. The molecule has 3 aliphatic heterocycles. The molecule has 1 aromatic heterocycles. The van der Waals surface area contributed by atoms with E-state index in [1.807, 2.05) is 24.3 Å². The van der Waals surface area contributed by atoms with Crippen LogP contribution in [0.4, 0.5) is 11.5 Å². The van der Waals surface area contributed by atoms with Gasteiger partial charge in [-0.15, -0.1) is 0 Å². The normalized spacial score (nSPS) is 24.0. The molecule has 1 amide bonds. The van der Waals surface area contributed by atoms with Gasteiger partial charge in [-0.3, -0.25) is 9.69 Å². The van der Waals surface area contributed by atoms with Gasteiger partial charge in [-0.25, -0.2) is 0 Å². The number of hydrogen-bond acceptors (Lipinski definition) is 10. The molecule has 3 atom stereocenters. The van der Waals surface area contributed by atoms with Crippen molar-refractivity contribution in [3.63, 3.8) is 0 Å². The Bertz CT molecular complexity index is 1670. The number of aliphatic hydroxyl groups excluding tert-OH is 1. The van der Waals surface area contributed by atoms with Crippen LogP contribution in [0.25, 0.3) is 10.8 Å². The van der Waals surface area contributed by atoms with E-state index in [0.29, 0.717) is 51.1 Å². The van der Waals surface area contributed by atoms with Crippen molar-refractivity contribution in [1.29, 1.82) is 5.26 Å². The molecule has 45 heavy (non-hydrogen) atoms. The van der Waals surface area contributed by atoms with E-state index in [4.69, 9.17) is 14.7 Å². The van der Waals surface area contributed by atoms with Crippen LogP contribution in [-0.4, -0.2) is 100.0 Å². The number of anilines is 2. The number of rotatable bonds is 10. The number of nitriles is 1. The summed E-state index contributed by atoms with van der Waals surface area (Å²) in [4.78, 5) is 30.9. The molecule has 4 aliphatic rings. The van der Waals surface area contributed by atoms with Gasteiger partial charge in [0.1, 0.15) is 11.6 Å². The van der Waals surface area contributed by atoms with Crippen LogP contribution in [0, 0.1) is 17.2 Å². The van der Waals surface area contributed by atoms with E-state index >= 15 is 0 Å². The van der Waals surface area contributed by atoms with Gasteiger partial charge in [-0.2, -0.15) is 15.2 Å². The van der Waals surface area contributed by atoms with Gasteiger partial charge in [-0.1, -0.05) is 30.8 Å². The first-order chi connectivity index (χ1) is 21.9. The van der Waals surface area contributed by atoms with Crippen LogP contribution >= 0.6 is 0 Å². The van der Waals surface area contributed by atoms with Crippen molar-refractivity contribution in [1.82, 2.24) is 19.8 Å². The second-order valence-electron chi connectivity index (χ2n) is 12.6. The fourth-order valence-electron chi connectivity index (χ4n) is 7.54. The Hall–Kier alpha value is -4.40. The van der Waals surface area contributed by atoms with Crippen molar-refractivity contribution in [2.45, 2.75) is 43.8 Å². The maximum atomic E-state index is 12.5. The number of carbonyl (C=O) groups is 1. The zero-order valence-corrected chi connectivity index (χ0v) is 25.4. The second-order valence-corrected chi connectivity index (χ2v) is 12.6. The van der Waals surface area contributed by atoms with Crippen molar-refractivity contribution in [3.8, 4) is 17.8 Å². The third-order valence-corrected chi connectivity index (χ3v) is 10.1.